The van der Waals surface area contributed by atoms with Gasteiger partial charge in [0.2, 0.25) is 0 Å². The Labute approximate surface area is 90.5 Å². The summed E-state index contributed by atoms with van der Waals surface area (Å²) in [6.07, 6.45) is 2.63. The highest BCUT2D eigenvalue weighted by atomic mass is 16.4. The molecule has 0 aliphatic carbocycles. The number of nitrogens with zero attached hydrogens (tertiary/aromatic N) is 1. The van der Waals surface area contributed by atoms with Gasteiger partial charge >= 0.3 is 6.09 Å². The summed E-state index contributed by atoms with van der Waals surface area (Å²) in [5.74, 6) is 0. The molecule has 0 aliphatic rings. The largest absolute Gasteiger partial charge is 0.465 e. The summed E-state index contributed by atoms with van der Waals surface area (Å²) in [7, 11) is 1.81. The Kier molecular flexibility index (Phi) is 7.62. The Bertz CT molecular complexity index is 197. The number of unbranched alkanes of at least 4 members (excludes halogenated alkanes) is 1. The number of rotatable bonds is 8. The number of aldehydes is 1. The van der Waals surface area contributed by atoms with Crippen molar-refractivity contribution in [2.24, 2.45) is 0 Å². The Balaban J connectivity index is 4.08. The van der Waals surface area contributed by atoms with E-state index in [0.717, 1.165) is 24.2 Å². The monoisotopic (exact) mass is 216 g/mol. The van der Waals surface area contributed by atoms with Gasteiger partial charge in [-0.25, -0.2) is 4.79 Å². The molecule has 5 heteroatoms. The highest BCUT2D eigenvalue weighted by Crippen LogP contribution is 2.02. The fraction of sp³-hybridized carbons (Fsp3) is 0.800. The van der Waals surface area contributed by atoms with Crippen molar-refractivity contribution < 1.29 is 14.7 Å². The lowest BCUT2D eigenvalue weighted by atomic mass is 10.1. The highest BCUT2D eigenvalue weighted by molar-refractivity contribution is 5.69. The summed E-state index contributed by atoms with van der Waals surface area (Å²) in [5, 5.41) is 11.9. The fourth-order valence-electron chi connectivity index (χ4n) is 1.36. The first-order valence-electron chi connectivity index (χ1n) is 5.24. The fourth-order valence-corrected chi connectivity index (χ4v) is 1.36. The van der Waals surface area contributed by atoms with Crippen LogP contribution in [-0.2, 0) is 4.79 Å². The van der Waals surface area contributed by atoms with E-state index in [1.807, 2.05) is 0 Å². The smallest absolute Gasteiger partial charge is 0.407 e. The van der Waals surface area contributed by atoms with Gasteiger partial charge in [0.15, 0.2) is 0 Å². The van der Waals surface area contributed by atoms with E-state index in [-0.39, 0.29) is 12.6 Å². The Morgan fingerprint density at radius 1 is 1.60 bits per heavy atom. The van der Waals surface area contributed by atoms with E-state index >= 15 is 0 Å². The molecule has 0 aromatic rings. The predicted molar refractivity (Wildman–Crippen MR) is 58.0 cm³/mol. The van der Waals surface area contributed by atoms with Gasteiger partial charge in [-0.1, -0.05) is 19.8 Å². The molecule has 2 N–H and O–H groups in total. The first kappa shape index (κ1) is 13.9. The topological polar surface area (TPSA) is 69.6 Å². The predicted octanol–water partition coefficient (Wildman–Crippen LogP) is 0.944. The first-order chi connectivity index (χ1) is 7.15. The molecule has 0 radical (unpaired) electrons. The van der Waals surface area contributed by atoms with Gasteiger partial charge in [0, 0.05) is 12.6 Å². The molecule has 1 unspecified atom stereocenters. The maximum absolute atomic E-state index is 10.8. The quantitative estimate of drug-likeness (QED) is 0.592. The van der Waals surface area contributed by atoms with Crippen LogP contribution in [-0.4, -0.2) is 48.6 Å². The van der Waals surface area contributed by atoms with E-state index in [0.29, 0.717) is 12.8 Å². The molecule has 0 fully saturated rings. The lowest BCUT2D eigenvalue weighted by Gasteiger charge is -2.23. The average molecular weight is 216 g/mol. The van der Waals surface area contributed by atoms with Gasteiger partial charge in [-0.05, 0) is 13.5 Å². The highest BCUT2D eigenvalue weighted by Gasteiger charge is 2.16. The molecule has 0 aliphatic heterocycles. The molecule has 0 bridgehead atoms. The van der Waals surface area contributed by atoms with Gasteiger partial charge in [0.05, 0.1) is 6.54 Å². The van der Waals surface area contributed by atoms with Crippen LogP contribution in [0, 0.1) is 0 Å². The summed E-state index contributed by atoms with van der Waals surface area (Å²) in [6, 6.07) is 0.126. The van der Waals surface area contributed by atoms with Crippen LogP contribution < -0.4 is 5.32 Å². The van der Waals surface area contributed by atoms with E-state index in [2.05, 4.69) is 12.2 Å². The molecule has 88 valence electrons. The normalized spacial score (nSPS) is 12.1. The second kappa shape index (κ2) is 8.23. The third-order valence-electron chi connectivity index (χ3n) is 2.32. The van der Waals surface area contributed by atoms with E-state index in [9.17, 15) is 9.59 Å². The Morgan fingerprint density at radius 2 is 2.27 bits per heavy atom. The molecule has 0 rings (SSSR count). The van der Waals surface area contributed by atoms with Gasteiger partial charge < -0.3 is 15.2 Å². The van der Waals surface area contributed by atoms with Crippen LogP contribution >= 0.6 is 0 Å². The van der Waals surface area contributed by atoms with Crippen LogP contribution in [0.25, 0.3) is 0 Å². The zero-order valence-corrected chi connectivity index (χ0v) is 9.40. The van der Waals surface area contributed by atoms with Gasteiger partial charge in [0.1, 0.15) is 6.29 Å². The van der Waals surface area contributed by atoms with Crippen molar-refractivity contribution in [2.45, 2.75) is 32.2 Å². The molecular weight excluding hydrogens is 196 g/mol. The van der Waals surface area contributed by atoms with Crippen LogP contribution in [0.2, 0.25) is 0 Å². The van der Waals surface area contributed by atoms with Crippen molar-refractivity contribution in [3.05, 3.63) is 0 Å². The maximum Gasteiger partial charge on any atom is 0.407 e. The molecule has 0 aromatic carbocycles. The minimum atomic E-state index is -1.04. The molecular formula is C10H20N2O3. The summed E-state index contributed by atoms with van der Waals surface area (Å²) in [5.41, 5.74) is 0. The third-order valence-corrected chi connectivity index (χ3v) is 2.32. The standard InChI is InChI=1S/C10H20N2O3/c1-3-4-5-9(11-2)8-12(6-7-13)10(14)15/h7,9,11H,3-6,8H2,1-2H3,(H,14,15). The van der Waals surface area contributed by atoms with E-state index in [1.54, 1.807) is 7.05 Å². The average Bonchev–Trinajstić information content (AvgIpc) is 2.22. The van der Waals surface area contributed by atoms with E-state index in [4.69, 9.17) is 5.11 Å². The summed E-state index contributed by atoms with van der Waals surface area (Å²) >= 11 is 0. The number of likely N-dealkylation sites (N-methyl/N-ethyl adjacent to an activating group) is 1. The van der Waals surface area contributed by atoms with Crippen LogP contribution in [0.3, 0.4) is 0 Å². The molecule has 0 saturated heterocycles. The molecule has 15 heavy (non-hydrogen) atoms. The van der Waals surface area contributed by atoms with Gasteiger partial charge in [-0.3, -0.25) is 4.90 Å². The number of carbonyl (C=O) groups excluding carboxylic acids is 1. The lowest BCUT2D eigenvalue weighted by molar-refractivity contribution is -0.108. The van der Waals surface area contributed by atoms with Crippen LogP contribution in [0.15, 0.2) is 0 Å². The van der Waals surface area contributed by atoms with Crippen LogP contribution in [0.4, 0.5) is 4.79 Å². The van der Waals surface area contributed by atoms with Crippen LogP contribution in [0.5, 0.6) is 0 Å². The lowest BCUT2D eigenvalue weighted by Crippen LogP contribution is -2.42. The van der Waals surface area contributed by atoms with Crippen molar-refractivity contribution in [3.8, 4) is 0 Å². The van der Waals surface area contributed by atoms with E-state index < -0.39 is 6.09 Å². The Morgan fingerprint density at radius 3 is 2.67 bits per heavy atom. The molecule has 0 heterocycles. The van der Waals surface area contributed by atoms with Gasteiger partial charge in [0.25, 0.3) is 0 Å². The van der Waals surface area contributed by atoms with Crippen molar-refractivity contribution in [1.29, 1.82) is 0 Å². The first-order valence-corrected chi connectivity index (χ1v) is 5.24. The molecule has 1 amide bonds. The van der Waals surface area contributed by atoms with Crippen LogP contribution in [0.1, 0.15) is 26.2 Å². The second-order valence-electron chi connectivity index (χ2n) is 3.48. The second-order valence-corrected chi connectivity index (χ2v) is 3.48. The van der Waals surface area contributed by atoms with Crippen molar-refractivity contribution in [3.63, 3.8) is 0 Å². The molecule has 0 saturated carbocycles. The van der Waals surface area contributed by atoms with Crippen molar-refractivity contribution in [2.75, 3.05) is 20.1 Å². The molecule has 1 atom stereocenters. The number of hydrogen-bond donors (Lipinski definition) is 2. The summed E-state index contributed by atoms with van der Waals surface area (Å²) in [4.78, 5) is 22.2. The van der Waals surface area contributed by atoms with Crippen molar-refractivity contribution >= 4 is 12.4 Å². The summed E-state index contributed by atoms with van der Waals surface area (Å²) in [6.45, 7) is 2.40. The zero-order chi connectivity index (χ0) is 11.7. The Hall–Kier alpha value is -1.10. The third kappa shape index (κ3) is 6.06. The number of hydrogen-bond acceptors (Lipinski definition) is 3. The van der Waals surface area contributed by atoms with Gasteiger partial charge in [-0.15, -0.1) is 0 Å². The number of carbonyl (C=O) groups is 2. The minimum Gasteiger partial charge on any atom is -0.465 e. The van der Waals surface area contributed by atoms with Gasteiger partial charge in [-0.2, -0.15) is 0 Å². The SMILES string of the molecule is CCCCC(CN(CC=O)C(=O)O)NC. The number of nitrogens with one attached hydrogen (secondary N) is 1. The van der Waals surface area contributed by atoms with E-state index in [1.165, 1.54) is 0 Å². The zero-order valence-electron chi connectivity index (χ0n) is 9.40. The maximum atomic E-state index is 10.8. The molecule has 0 spiro atoms. The number of carboxylic acid groups (broad SMARTS) is 1. The molecule has 0 aromatic heterocycles. The summed E-state index contributed by atoms with van der Waals surface area (Å²) < 4.78 is 0. The van der Waals surface area contributed by atoms with Crippen molar-refractivity contribution in [1.82, 2.24) is 10.2 Å². The number of amides is 1. The molecule has 5 nitrogen and oxygen atoms in total. The minimum absolute atomic E-state index is 0.0559.